The fourth-order valence-electron chi connectivity index (χ4n) is 0.964. The van der Waals surface area contributed by atoms with Crippen molar-refractivity contribution in [3.8, 4) is 0 Å². The molecular weight excluding hydrogens is 323 g/mol. The molecule has 0 aliphatic heterocycles. The zero-order valence-corrected chi connectivity index (χ0v) is 14.1. The molecule has 0 aromatic heterocycles. The molecule has 4 nitrogen and oxygen atoms in total. The van der Waals surface area contributed by atoms with Gasteiger partial charge in [0.2, 0.25) is 0 Å². The zero-order chi connectivity index (χ0) is 13.1. The molecule has 0 aromatic rings. The monoisotopic (exact) mass is 344 g/mol. The van der Waals surface area contributed by atoms with Crippen molar-refractivity contribution in [2.45, 2.75) is 27.7 Å². The minimum absolute atomic E-state index is 0. The normalized spacial score (nSPS) is 8.24. The summed E-state index contributed by atoms with van der Waals surface area (Å²) < 4.78 is 0. The predicted molar refractivity (Wildman–Crippen MR) is 76.8 cm³/mol. The van der Waals surface area contributed by atoms with E-state index in [1.807, 2.05) is 27.7 Å². The summed E-state index contributed by atoms with van der Waals surface area (Å²) in [6, 6.07) is 0. The number of hydrogen-bond acceptors (Lipinski definition) is 4. The van der Waals surface area contributed by atoms with Gasteiger partial charge in [0, 0.05) is 36.5 Å². The third kappa shape index (κ3) is 12.2. The van der Waals surface area contributed by atoms with Gasteiger partial charge in [0.05, 0.1) is 0 Å². The van der Waals surface area contributed by atoms with Gasteiger partial charge in [-0.15, -0.1) is 0 Å². The molecule has 0 bridgehead atoms. The van der Waals surface area contributed by atoms with Gasteiger partial charge in [-0.3, -0.25) is 0 Å². The Bertz CT molecular complexity index is 188. The van der Waals surface area contributed by atoms with Crippen molar-refractivity contribution < 1.29 is 10.2 Å². The van der Waals surface area contributed by atoms with E-state index >= 15 is 0 Å². The van der Waals surface area contributed by atoms with Crippen LogP contribution in [0.5, 0.6) is 0 Å². The Morgan fingerprint density at radius 1 is 0.765 bits per heavy atom. The van der Waals surface area contributed by atoms with Crippen LogP contribution in [0.1, 0.15) is 27.7 Å². The molecule has 0 amide bonds. The quantitative estimate of drug-likeness (QED) is 0.510. The van der Waals surface area contributed by atoms with Gasteiger partial charge in [-0.1, -0.05) is 24.4 Å². The van der Waals surface area contributed by atoms with Gasteiger partial charge >= 0.3 is 17.1 Å². The molecule has 100 valence electrons. The fourth-order valence-corrected chi connectivity index (χ4v) is 1.48. The summed E-state index contributed by atoms with van der Waals surface area (Å²) in [5, 5.41) is 20.2. The second kappa shape index (κ2) is 14.0. The summed E-state index contributed by atoms with van der Waals surface area (Å²) in [6.07, 6.45) is 0. The number of hydrogen-bond donors (Lipinski definition) is 0. The van der Waals surface area contributed by atoms with Crippen LogP contribution in [0, 0.1) is 0 Å². The van der Waals surface area contributed by atoms with Crippen molar-refractivity contribution in [2.75, 3.05) is 26.2 Å². The maximum Gasteiger partial charge on any atom is 2.00 e. The number of nitrogens with zero attached hydrogens (tertiary/aromatic N) is 2. The Labute approximate surface area is 125 Å². The molecule has 0 spiro atoms. The standard InChI is InChI=1S/2C5H11NOS.Se/c2*1-3-6(4-2)5(7)8;/h2*3-4H2,1-2H3,(H,7,8);/q;;+2/p-2. The second-order valence-corrected chi connectivity index (χ2v) is 3.57. The van der Waals surface area contributed by atoms with Gasteiger partial charge in [0.25, 0.3) is 0 Å². The molecule has 0 rings (SSSR count). The maximum atomic E-state index is 10.3. The Morgan fingerprint density at radius 3 is 0.941 bits per heavy atom. The van der Waals surface area contributed by atoms with Crippen LogP contribution in [-0.4, -0.2) is 63.4 Å². The Morgan fingerprint density at radius 2 is 0.941 bits per heavy atom. The van der Waals surface area contributed by atoms with Gasteiger partial charge in [0.1, 0.15) is 0 Å². The van der Waals surface area contributed by atoms with Gasteiger partial charge in [-0.25, -0.2) is 0 Å². The van der Waals surface area contributed by atoms with Gasteiger partial charge in [-0.2, -0.15) is 0 Å². The second-order valence-electron chi connectivity index (χ2n) is 2.88. The summed E-state index contributed by atoms with van der Waals surface area (Å²) in [4.78, 5) is 3.19. The van der Waals surface area contributed by atoms with Crippen LogP contribution in [0.15, 0.2) is 0 Å². The molecule has 0 N–H and O–H groups in total. The first-order valence-corrected chi connectivity index (χ1v) is 6.17. The van der Waals surface area contributed by atoms with E-state index in [2.05, 4.69) is 24.4 Å². The molecule has 0 saturated carbocycles. The summed E-state index contributed by atoms with van der Waals surface area (Å²) in [5.74, 6) is 0. The van der Waals surface area contributed by atoms with E-state index in [0.29, 0.717) is 0 Å². The van der Waals surface area contributed by atoms with E-state index in [-0.39, 0.29) is 27.4 Å². The molecule has 0 aromatic carbocycles. The molecule has 4 radical (unpaired) electrons. The van der Waals surface area contributed by atoms with Crippen LogP contribution < -0.4 is 10.2 Å². The van der Waals surface area contributed by atoms with Gasteiger partial charge in [0.15, 0.2) is 0 Å². The molecule has 0 saturated heterocycles. The van der Waals surface area contributed by atoms with Crippen LogP contribution in [0.4, 0.5) is 0 Å². The average molecular weight is 343 g/mol. The van der Waals surface area contributed by atoms with Crippen LogP contribution in [0.25, 0.3) is 0 Å². The summed E-state index contributed by atoms with van der Waals surface area (Å²) >= 11 is 8.77. The van der Waals surface area contributed by atoms with Crippen LogP contribution in [0.3, 0.4) is 0 Å². The van der Waals surface area contributed by atoms with Crippen molar-refractivity contribution in [1.82, 2.24) is 9.80 Å². The molecule has 0 heterocycles. The first-order valence-electron chi connectivity index (χ1n) is 5.36. The number of rotatable bonds is 4. The smallest absolute Gasteiger partial charge is 0.852 e. The van der Waals surface area contributed by atoms with E-state index < -0.39 is 0 Å². The van der Waals surface area contributed by atoms with Crippen molar-refractivity contribution in [1.29, 1.82) is 0 Å². The minimum atomic E-state index is -0.255. The van der Waals surface area contributed by atoms with E-state index in [0.717, 1.165) is 26.2 Å². The molecule has 17 heavy (non-hydrogen) atoms. The molecule has 0 aliphatic carbocycles. The van der Waals surface area contributed by atoms with E-state index in [9.17, 15) is 10.2 Å². The maximum absolute atomic E-state index is 10.3. The topological polar surface area (TPSA) is 52.6 Å². The summed E-state index contributed by atoms with van der Waals surface area (Å²) in [6.45, 7) is 10.5. The minimum Gasteiger partial charge on any atom is -0.852 e. The van der Waals surface area contributed by atoms with E-state index in [1.54, 1.807) is 9.80 Å². The van der Waals surface area contributed by atoms with Crippen molar-refractivity contribution in [3.63, 3.8) is 0 Å². The third-order valence-corrected chi connectivity index (χ3v) is 2.56. The fraction of sp³-hybridized carbons (Fsp3) is 0.800. The number of thiocarbonyl (C=S) groups is 2. The zero-order valence-electron chi connectivity index (χ0n) is 10.8. The SMILES string of the molecule is CCN(CC)C([O-])=S.CCN(CC)C([O-])=S.[Se+2]. The molecular formula is C10H20N2O2S2Se. The first kappa shape index (κ1) is 22.1. The van der Waals surface area contributed by atoms with Crippen molar-refractivity contribution in [2.24, 2.45) is 0 Å². The molecule has 0 fully saturated rings. The van der Waals surface area contributed by atoms with E-state index in [1.165, 1.54) is 0 Å². The van der Waals surface area contributed by atoms with Crippen LogP contribution >= 0.6 is 24.4 Å². The molecule has 7 heteroatoms. The summed E-state index contributed by atoms with van der Waals surface area (Å²) in [5.41, 5.74) is 0. The first-order chi connectivity index (χ1) is 7.44. The van der Waals surface area contributed by atoms with E-state index in [4.69, 9.17) is 0 Å². The molecule has 0 unspecified atom stereocenters. The summed E-state index contributed by atoms with van der Waals surface area (Å²) in [7, 11) is 0. The largest absolute Gasteiger partial charge is 2.00 e. The van der Waals surface area contributed by atoms with Crippen LogP contribution in [-0.2, 0) is 0 Å². The van der Waals surface area contributed by atoms with Crippen molar-refractivity contribution >= 4 is 51.9 Å². The average Bonchev–Trinajstić information content (AvgIpc) is 2.21. The van der Waals surface area contributed by atoms with Crippen molar-refractivity contribution in [3.05, 3.63) is 0 Å². The Kier molecular flexibility index (Phi) is 18.2. The predicted octanol–water partition coefficient (Wildman–Crippen LogP) is -0.434. The van der Waals surface area contributed by atoms with Gasteiger partial charge < -0.3 is 20.0 Å². The Balaban J connectivity index is -0.000000218. The molecule has 0 atom stereocenters. The third-order valence-electron chi connectivity index (χ3n) is 2.04. The Hall–Kier alpha value is -0.101. The van der Waals surface area contributed by atoms with Gasteiger partial charge in [-0.05, 0) is 27.7 Å². The molecule has 0 aliphatic rings. The van der Waals surface area contributed by atoms with Crippen LogP contribution in [0.2, 0.25) is 0 Å².